The van der Waals surface area contributed by atoms with E-state index in [1.165, 1.54) is 67.1 Å². The number of nitrogens with zero attached hydrogens (tertiary/aromatic N) is 20. The summed E-state index contributed by atoms with van der Waals surface area (Å²) in [7, 11) is -24.8. The summed E-state index contributed by atoms with van der Waals surface area (Å²) >= 11 is 0. The fraction of sp³-hybridized carbons (Fsp3) is 0.500. The van der Waals surface area contributed by atoms with E-state index >= 15 is 0 Å². The van der Waals surface area contributed by atoms with E-state index in [2.05, 4.69) is 74.8 Å². The van der Waals surface area contributed by atoms with Gasteiger partial charge in [0, 0.05) is 32.1 Å². The van der Waals surface area contributed by atoms with Gasteiger partial charge in [-0.3, -0.25) is 63.5 Å². The highest BCUT2D eigenvalue weighted by Gasteiger charge is 2.50. The van der Waals surface area contributed by atoms with E-state index < -0.39 is 164 Å². The van der Waals surface area contributed by atoms with Gasteiger partial charge in [-0.05, 0) is 0 Å². The minimum atomic E-state index is -5.46. The van der Waals surface area contributed by atoms with E-state index in [-0.39, 0.29) is 111 Å². The van der Waals surface area contributed by atoms with Crippen molar-refractivity contribution in [3.8, 4) is 0 Å². The number of ether oxygens (including phenoxy) is 5. The number of aliphatic hydroxyl groups excluding tert-OH is 1. The van der Waals surface area contributed by atoms with E-state index in [0.717, 1.165) is 19.0 Å². The molecule has 50 nitrogen and oxygen atoms in total. The Balaban J connectivity index is 0.640. The van der Waals surface area contributed by atoms with E-state index in [1.54, 1.807) is 0 Å². The summed E-state index contributed by atoms with van der Waals surface area (Å²) < 4.78 is 167. The van der Waals surface area contributed by atoms with Crippen molar-refractivity contribution < 1.29 is 116 Å². The second kappa shape index (κ2) is 28.8. The molecule has 55 heteroatoms. The number of aromatic nitrogens is 20. The molecule has 0 spiro atoms. The van der Waals surface area contributed by atoms with Crippen LogP contribution in [0.15, 0.2) is 63.3 Å². The number of aliphatic hydroxyl groups is 1. The summed E-state index contributed by atoms with van der Waals surface area (Å²) in [6.45, 7) is -4.19. The fourth-order valence-electron chi connectivity index (χ4n) is 12.6. The Morgan fingerprint density at radius 2 is 0.590 bits per heavy atom. The first-order chi connectivity index (χ1) is 50.2. The molecule has 0 amide bonds. The lowest BCUT2D eigenvalue weighted by atomic mass is 10.2. The number of fused-ring (bicyclic) bond motifs is 5. The summed E-state index contributed by atoms with van der Waals surface area (Å²) in [5.41, 5.74) is 32.0. The topological polar surface area (TPSA) is 681 Å². The second-order valence-corrected chi connectivity index (χ2v) is 30.3. The number of phosphoric ester groups is 4. The third kappa shape index (κ3) is 15.2. The maximum absolute atomic E-state index is 14.4. The van der Waals surface area contributed by atoms with E-state index in [4.69, 9.17) is 93.1 Å². The molecule has 15 N–H and O–H groups in total. The minimum Gasteiger partial charge on any atom is -0.390 e. The molecule has 19 atom stereocenters. The van der Waals surface area contributed by atoms with Gasteiger partial charge in [0.1, 0.15) is 145 Å². The molecule has 10 aromatic rings. The van der Waals surface area contributed by atoms with Crippen LogP contribution >= 0.6 is 39.2 Å². The van der Waals surface area contributed by atoms with Crippen molar-refractivity contribution in [3.63, 3.8) is 0 Å². The predicted octanol–water partition coefficient (Wildman–Crippen LogP) is 1.01. The number of nitrogens with two attached hydrogens (primary N) is 5. The standard InChI is InChI=1S/C50H60N25O25P5/c51-41-36-46(61-11-56-41)71(16-66-36)31-1-21(76)26(92-31)7-88-102(79,80)98-23-3-33(73-18-68-38-43(53)58-13-63-48(38)73)94-28(23)9-90-104(83,84)100-25-5-35(75-20-70-40-45(55)60-15-65-50(40)75)96-30(25)10-91-105(85,86)99-24-4-34(74-19-69-39-44(54)59-14-64-49(39)74)95-29(24)8-89-103(81,82)97-22-2-32(93-27(22)6-87-101(77)78)72-17-67-37-42(52)57-12-62-47(37)72/h11-35,76H,1-10H2,(H,79,80)(H,81,82)(H,83,84)(H,85,86)(H2,51,56,61)(H2,52,57,62)(H2,53,58,63)(H2,54,59,64)(H2,55,60,65)/t21-,22-,23-,24-,25-,26+,27+,28+,29+,30+,31+,32+,33+,34+,35+/m0/s1. The molecule has 5 saturated heterocycles. The Hall–Kier alpha value is -8.19. The molecule has 0 aromatic carbocycles. The molecule has 10 aromatic heterocycles. The molecule has 15 rings (SSSR count). The first-order valence-corrected chi connectivity index (χ1v) is 38.3. The monoisotopic (exact) mass is 1570 g/mol. The van der Waals surface area contributed by atoms with Crippen LogP contribution in [0.2, 0.25) is 0 Å². The van der Waals surface area contributed by atoms with Crippen LogP contribution < -0.4 is 28.7 Å². The Morgan fingerprint density at radius 3 is 0.848 bits per heavy atom. The largest absolute Gasteiger partial charge is 0.472 e. The van der Waals surface area contributed by atoms with Crippen molar-refractivity contribution >= 4 is 124 Å². The van der Waals surface area contributed by atoms with Crippen molar-refractivity contribution in [2.75, 3.05) is 61.7 Å². The average molecular weight is 1570 g/mol. The van der Waals surface area contributed by atoms with Crippen LogP contribution in [0, 0.1) is 0 Å². The number of phosphoric acid groups is 4. The minimum absolute atomic E-state index is 0.00250. The van der Waals surface area contributed by atoms with Gasteiger partial charge in [0.2, 0.25) is 0 Å². The molecule has 15 heterocycles. The molecule has 560 valence electrons. The molecule has 5 aliphatic rings. The van der Waals surface area contributed by atoms with Crippen LogP contribution in [-0.4, -0.2) is 216 Å². The Morgan fingerprint density at radius 1 is 0.362 bits per heavy atom. The number of rotatable bonds is 28. The number of nitrogen functional groups attached to an aromatic ring is 5. The molecular formula is C50H60N25O25P5. The maximum atomic E-state index is 14.4. The third-order valence-electron chi connectivity index (χ3n) is 17.4. The summed E-state index contributed by atoms with van der Waals surface area (Å²) in [6.07, 6.45) is -8.97. The number of hydrogen-bond acceptors (Lipinski definition) is 41. The lowest BCUT2D eigenvalue weighted by Crippen LogP contribution is -2.32. The van der Waals surface area contributed by atoms with Crippen LogP contribution in [0.5, 0.6) is 0 Å². The second-order valence-electron chi connectivity index (χ2n) is 24.0. The summed E-state index contributed by atoms with van der Waals surface area (Å²) in [5.74, 6) is 0.0888. The molecule has 105 heavy (non-hydrogen) atoms. The summed E-state index contributed by atoms with van der Waals surface area (Å²) in [6, 6.07) is 0. The van der Waals surface area contributed by atoms with Gasteiger partial charge in [-0.1, -0.05) is 0 Å². The predicted molar refractivity (Wildman–Crippen MR) is 344 cm³/mol. The zero-order valence-corrected chi connectivity index (χ0v) is 57.9. The molecule has 5 fully saturated rings. The van der Waals surface area contributed by atoms with Crippen LogP contribution in [-0.2, 0) is 91.8 Å². The Kier molecular flexibility index (Phi) is 19.9. The molecule has 5 aliphatic heterocycles. The molecule has 4 unspecified atom stereocenters. The fourth-order valence-corrected chi connectivity index (χ4v) is 16.7. The van der Waals surface area contributed by atoms with Gasteiger partial charge in [0.05, 0.1) is 70.8 Å². The van der Waals surface area contributed by atoms with Gasteiger partial charge < -0.3 is 77.0 Å². The number of imidazole rings is 5. The van der Waals surface area contributed by atoms with Crippen LogP contribution in [0.4, 0.5) is 29.1 Å². The van der Waals surface area contributed by atoms with Crippen molar-refractivity contribution in [3.05, 3.63) is 63.3 Å². The van der Waals surface area contributed by atoms with Gasteiger partial charge in [-0.2, -0.15) is 0 Å². The lowest BCUT2D eigenvalue weighted by molar-refractivity contribution is -0.0629. The van der Waals surface area contributed by atoms with E-state index in [1.807, 2.05) is 0 Å². The molecular weight excluding hydrogens is 1510 g/mol. The molecule has 0 aliphatic carbocycles. The van der Waals surface area contributed by atoms with Gasteiger partial charge in [0.25, 0.3) is 0 Å². The highest BCUT2D eigenvalue weighted by atomic mass is 31.2. The van der Waals surface area contributed by atoms with Crippen molar-refractivity contribution in [1.82, 2.24) is 97.6 Å². The maximum Gasteiger partial charge on any atom is 0.472 e. The number of anilines is 5. The van der Waals surface area contributed by atoms with Gasteiger partial charge in [-0.25, -0.2) is 102 Å². The molecule has 0 bridgehead atoms. The Labute approximate surface area is 585 Å². The normalized spacial score (nSPS) is 28.8. The van der Waals surface area contributed by atoms with E-state index in [9.17, 15) is 52.1 Å². The molecule has 0 radical (unpaired) electrons. The highest BCUT2D eigenvalue weighted by Crippen LogP contribution is 2.56. The molecule has 0 saturated carbocycles. The Bertz CT molecular complexity index is 5180. The van der Waals surface area contributed by atoms with Gasteiger partial charge in [-0.15, -0.1) is 0 Å². The summed E-state index contributed by atoms with van der Waals surface area (Å²) in [5, 5.41) is 11.0. The first-order valence-electron chi connectivity index (χ1n) is 31.2. The van der Waals surface area contributed by atoms with Crippen molar-refractivity contribution in [2.45, 2.75) is 124 Å². The number of hydrogen-bond donors (Lipinski definition) is 10. The van der Waals surface area contributed by atoms with Crippen LogP contribution in [0.1, 0.15) is 63.2 Å². The van der Waals surface area contributed by atoms with Crippen LogP contribution in [0.3, 0.4) is 0 Å². The first kappa shape index (κ1) is 72.4. The van der Waals surface area contributed by atoms with Gasteiger partial charge in [0.15, 0.2) is 57.3 Å². The zero-order chi connectivity index (χ0) is 73.4. The smallest absolute Gasteiger partial charge is 0.390 e. The van der Waals surface area contributed by atoms with Crippen molar-refractivity contribution in [1.29, 1.82) is 0 Å². The van der Waals surface area contributed by atoms with Crippen molar-refractivity contribution in [2.24, 2.45) is 0 Å². The summed E-state index contributed by atoms with van der Waals surface area (Å²) in [4.78, 5) is 108. The SMILES string of the molecule is Nc1ncnc2c1ncn2[C@H]1C[C@H](OP(=O)(O)OC[C@H]2O[C@@H](n3cnc4c(N)ncnc43)C[C@@H]2OP(=O)(O)OC[C@H]2O[C@@H](n3cnc4c(N)ncnc43)C[C@@H]2OP(=O)(O)OC[C@H]2O[C@@H](n3cnc4c(N)ncnc43)C[C@@H]2OP(=O)(O)OC[C@H]2O[C@@H](n3cnc4c(N)ncnc43)C[C@@H]2O)[C@@H](COP(=O)=O)O1. The van der Waals surface area contributed by atoms with Gasteiger partial charge >= 0.3 is 39.2 Å². The average Bonchev–Trinajstić information content (AvgIpc) is 1.66. The highest BCUT2D eigenvalue weighted by molar-refractivity contribution is 7.48. The van der Waals surface area contributed by atoms with Crippen LogP contribution in [0.25, 0.3) is 55.8 Å². The lowest BCUT2D eigenvalue weighted by Gasteiger charge is -2.25. The quantitative estimate of drug-likeness (QED) is 0.0306. The third-order valence-corrected chi connectivity index (χ3v) is 21.8. The zero-order valence-electron chi connectivity index (χ0n) is 53.5. The van der Waals surface area contributed by atoms with E-state index in [0.29, 0.717) is 5.65 Å².